The van der Waals surface area contributed by atoms with E-state index in [0.717, 1.165) is 17.0 Å². The minimum atomic E-state index is -2.51. The first-order valence-electron chi connectivity index (χ1n) is 6.52. The topological polar surface area (TPSA) is 43.6 Å². The number of alkyl halides is 2. The first-order valence-corrected chi connectivity index (χ1v) is 6.52. The quantitative estimate of drug-likeness (QED) is 0.796. The van der Waals surface area contributed by atoms with E-state index in [4.69, 9.17) is 0 Å². The lowest BCUT2D eigenvalue weighted by molar-refractivity contribution is -0.0438. The smallest absolute Gasteiger partial charge is 0.248 e. The monoisotopic (exact) mass is 266 g/mol. The van der Waals surface area contributed by atoms with Gasteiger partial charge < -0.3 is 4.57 Å². The van der Waals surface area contributed by atoms with Gasteiger partial charge in [-0.1, -0.05) is 0 Å². The lowest BCUT2D eigenvalue weighted by Gasteiger charge is -2.29. The van der Waals surface area contributed by atoms with E-state index >= 15 is 0 Å². The summed E-state index contributed by atoms with van der Waals surface area (Å²) in [6, 6.07) is 0.0684. The Hall–Kier alpha value is -1.59. The highest BCUT2D eigenvalue weighted by Crippen LogP contribution is 2.39. The van der Waals surface area contributed by atoms with Crippen LogP contribution in [0.2, 0.25) is 0 Å². The van der Waals surface area contributed by atoms with Gasteiger partial charge in [0, 0.05) is 18.9 Å². The van der Waals surface area contributed by atoms with E-state index in [1.54, 1.807) is 6.20 Å². The number of hydrogen-bond acceptors (Lipinski definition) is 3. The summed E-state index contributed by atoms with van der Waals surface area (Å²) in [4.78, 5) is 12.9. The Morgan fingerprint density at radius 2 is 1.89 bits per heavy atom. The van der Waals surface area contributed by atoms with Gasteiger partial charge in [0.1, 0.15) is 17.2 Å². The molecule has 0 atom stereocenters. The Morgan fingerprint density at radius 3 is 2.58 bits per heavy atom. The van der Waals surface area contributed by atoms with Gasteiger partial charge in [-0.05, 0) is 26.7 Å². The zero-order valence-electron chi connectivity index (χ0n) is 11.0. The molecule has 0 unspecified atom stereocenters. The Balaban J connectivity index is 2.01. The summed E-state index contributed by atoms with van der Waals surface area (Å²) in [6.45, 7) is 3.71. The molecule has 1 aliphatic rings. The van der Waals surface area contributed by atoms with Crippen molar-refractivity contribution in [1.82, 2.24) is 19.5 Å². The molecular formula is C13H16F2N4. The van der Waals surface area contributed by atoms with Gasteiger partial charge in [-0.2, -0.15) is 0 Å². The highest BCUT2D eigenvalue weighted by atomic mass is 19.3. The van der Waals surface area contributed by atoms with Crippen LogP contribution in [0.4, 0.5) is 8.78 Å². The number of aryl methyl sites for hydroxylation is 2. The number of hydrogen-bond donors (Lipinski definition) is 0. The Kier molecular flexibility index (Phi) is 2.76. The number of halogens is 2. The molecule has 6 heteroatoms. The van der Waals surface area contributed by atoms with Crippen LogP contribution in [0.3, 0.4) is 0 Å². The summed E-state index contributed by atoms with van der Waals surface area (Å²) in [5, 5.41) is 0. The lowest BCUT2D eigenvalue weighted by Crippen LogP contribution is -2.26. The maximum Gasteiger partial charge on any atom is 0.248 e. The fourth-order valence-corrected chi connectivity index (χ4v) is 2.81. The third-order valence-electron chi connectivity index (χ3n) is 3.78. The zero-order valence-corrected chi connectivity index (χ0v) is 11.0. The van der Waals surface area contributed by atoms with E-state index in [1.807, 2.05) is 18.4 Å². The molecule has 0 spiro atoms. The Morgan fingerprint density at radius 1 is 1.21 bits per heavy atom. The predicted octanol–water partition coefficient (Wildman–Crippen LogP) is 3.19. The molecule has 4 nitrogen and oxygen atoms in total. The lowest BCUT2D eigenvalue weighted by atomic mass is 9.92. The molecule has 0 bridgehead atoms. The minimum Gasteiger partial charge on any atom is -0.310 e. The van der Waals surface area contributed by atoms with Crippen molar-refractivity contribution in [2.75, 3.05) is 0 Å². The van der Waals surface area contributed by atoms with Gasteiger partial charge in [0.25, 0.3) is 0 Å². The predicted molar refractivity (Wildman–Crippen MR) is 67.2 cm³/mol. The molecular weight excluding hydrogens is 250 g/mol. The second-order valence-corrected chi connectivity index (χ2v) is 5.24. The first kappa shape index (κ1) is 12.4. The molecule has 19 heavy (non-hydrogen) atoms. The average Bonchev–Trinajstić information content (AvgIpc) is 2.65. The van der Waals surface area contributed by atoms with Crippen LogP contribution in [-0.2, 0) is 0 Å². The van der Waals surface area contributed by atoms with Gasteiger partial charge in [-0.3, -0.25) is 0 Å². The van der Waals surface area contributed by atoms with Crippen molar-refractivity contribution in [3.63, 3.8) is 0 Å². The second-order valence-electron chi connectivity index (χ2n) is 5.24. The van der Waals surface area contributed by atoms with Gasteiger partial charge in [-0.25, -0.2) is 23.7 Å². The van der Waals surface area contributed by atoms with Gasteiger partial charge in [-0.15, -0.1) is 0 Å². The maximum atomic E-state index is 13.2. The molecule has 2 aromatic rings. The van der Waals surface area contributed by atoms with E-state index in [0.29, 0.717) is 18.7 Å². The summed E-state index contributed by atoms with van der Waals surface area (Å²) in [5.41, 5.74) is 1.50. The van der Waals surface area contributed by atoms with Crippen molar-refractivity contribution in [3.8, 4) is 0 Å². The van der Waals surface area contributed by atoms with Crippen LogP contribution < -0.4 is 0 Å². The van der Waals surface area contributed by atoms with Crippen molar-refractivity contribution in [3.05, 3.63) is 17.8 Å². The van der Waals surface area contributed by atoms with Crippen LogP contribution in [0.25, 0.3) is 11.2 Å². The van der Waals surface area contributed by atoms with Gasteiger partial charge in [0.2, 0.25) is 5.92 Å². The molecule has 0 saturated heterocycles. The molecule has 0 N–H and O–H groups in total. The average molecular weight is 266 g/mol. The molecule has 2 aromatic heterocycles. The molecule has 3 rings (SSSR count). The summed E-state index contributed by atoms with van der Waals surface area (Å²) in [7, 11) is 0. The number of rotatable bonds is 1. The highest BCUT2D eigenvalue weighted by Gasteiger charge is 2.36. The van der Waals surface area contributed by atoms with Crippen LogP contribution in [0.15, 0.2) is 6.20 Å². The van der Waals surface area contributed by atoms with E-state index in [9.17, 15) is 8.78 Å². The van der Waals surface area contributed by atoms with Gasteiger partial charge >= 0.3 is 0 Å². The zero-order chi connectivity index (χ0) is 13.6. The van der Waals surface area contributed by atoms with Gasteiger partial charge in [0.05, 0.1) is 6.20 Å². The van der Waals surface area contributed by atoms with Crippen LogP contribution in [0.5, 0.6) is 0 Å². The number of nitrogens with zero attached hydrogens (tertiary/aromatic N) is 4. The molecule has 2 heterocycles. The van der Waals surface area contributed by atoms with Crippen molar-refractivity contribution in [1.29, 1.82) is 0 Å². The van der Waals surface area contributed by atoms with E-state index in [1.165, 1.54) is 0 Å². The summed E-state index contributed by atoms with van der Waals surface area (Å²) in [5.74, 6) is -1.01. The van der Waals surface area contributed by atoms with Crippen molar-refractivity contribution >= 4 is 11.2 Å². The number of imidazole rings is 1. The molecule has 102 valence electrons. The highest BCUT2D eigenvalue weighted by molar-refractivity contribution is 5.70. The van der Waals surface area contributed by atoms with Crippen molar-refractivity contribution in [2.24, 2.45) is 0 Å². The molecule has 0 aliphatic heterocycles. The van der Waals surface area contributed by atoms with Crippen LogP contribution in [0, 0.1) is 13.8 Å². The molecule has 1 aliphatic carbocycles. The molecule has 1 fully saturated rings. The Bertz CT molecular complexity index is 610. The fourth-order valence-electron chi connectivity index (χ4n) is 2.81. The fraction of sp³-hybridized carbons (Fsp3) is 0.615. The van der Waals surface area contributed by atoms with Gasteiger partial charge in [0.15, 0.2) is 5.65 Å². The first-order chi connectivity index (χ1) is 8.96. The third-order valence-corrected chi connectivity index (χ3v) is 3.78. The third kappa shape index (κ3) is 2.19. The molecule has 0 amide bonds. The largest absolute Gasteiger partial charge is 0.310 e. The van der Waals surface area contributed by atoms with Crippen LogP contribution in [-0.4, -0.2) is 25.4 Å². The van der Waals surface area contributed by atoms with Crippen molar-refractivity contribution in [2.45, 2.75) is 51.5 Å². The normalized spacial score (nSPS) is 20.0. The van der Waals surface area contributed by atoms with Crippen molar-refractivity contribution < 1.29 is 8.78 Å². The Labute approximate surface area is 109 Å². The van der Waals surface area contributed by atoms with E-state index in [-0.39, 0.29) is 18.9 Å². The van der Waals surface area contributed by atoms with Crippen LogP contribution in [0.1, 0.15) is 43.4 Å². The number of fused-ring (bicyclic) bond motifs is 1. The van der Waals surface area contributed by atoms with Crippen LogP contribution >= 0.6 is 0 Å². The second kappa shape index (κ2) is 4.21. The standard InChI is InChI=1S/C13H16F2N4/c1-8-16-7-11-12(17-8)19(9(2)18-11)10-3-5-13(14,15)6-4-10/h7,10H,3-6H2,1-2H3. The summed E-state index contributed by atoms with van der Waals surface area (Å²) < 4.78 is 28.5. The molecule has 1 saturated carbocycles. The molecule has 0 aromatic carbocycles. The number of aromatic nitrogens is 4. The maximum absolute atomic E-state index is 13.2. The van der Waals surface area contributed by atoms with E-state index in [2.05, 4.69) is 15.0 Å². The minimum absolute atomic E-state index is 0.0547. The molecule has 0 radical (unpaired) electrons. The summed E-state index contributed by atoms with van der Waals surface area (Å²) >= 11 is 0. The SMILES string of the molecule is Cc1ncc2nc(C)n(C3CCC(F)(F)CC3)c2n1. The summed E-state index contributed by atoms with van der Waals surface area (Å²) in [6.07, 6.45) is 2.53. The van der Waals surface area contributed by atoms with E-state index < -0.39 is 5.92 Å².